The van der Waals surface area contributed by atoms with E-state index < -0.39 is 17.3 Å². The van der Waals surface area contributed by atoms with E-state index in [0.717, 1.165) is 0 Å². The van der Waals surface area contributed by atoms with Crippen LogP contribution < -0.4 is 35.3 Å². The van der Waals surface area contributed by atoms with Crippen LogP contribution in [0.25, 0.3) is 0 Å². The van der Waals surface area contributed by atoms with E-state index in [9.17, 15) is 0 Å². The first-order chi connectivity index (χ1) is 5.95. The van der Waals surface area contributed by atoms with E-state index in [1.54, 1.807) is 0 Å². The molecule has 0 heterocycles. The molecule has 0 aromatic rings. The third-order valence-electron chi connectivity index (χ3n) is 0.744. The van der Waals surface area contributed by atoms with E-state index in [0.29, 0.717) is 13.1 Å². The summed E-state index contributed by atoms with van der Waals surface area (Å²) in [4.78, 5) is 0. The number of rotatable bonds is 2. The molecule has 14 heavy (non-hydrogen) atoms. The van der Waals surface area contributed by atoms with Crippen LogP contribution in [0.3, 0.4) is 0 Å². The molecule has 0 spiro atoms. The van der Waals surface area contributed by atoms with Crippen molar-refractivity contribution in [1.29, 1.82) is 0 Å². The summed E-state index contributed by atoms with van der Waals surface area (Å²) in [5.41, 5.74) is 20.4. The van der Waals surface area contributed by atoms with Crippen molar-refractivity contribution in [3.8, 4) is 0 Å². The van der Waals surface area contributed by atoms with Crippen molar-refractivity contribution in [1.82, 2.24) is 0 Å². The summed E-state index contributed by atoms with van der Waals surface area (Å²) in [5.74, 6) is 0. The zero-order valence-corrected chi connectivity index (χ0v) is 11.7. The molecule has 0 saturated heterocycles. The molecule has 0 aromatic carbocycles. The van der Waals surface area contributed by atoms with Crippen molar-refractivity contribution >= 4 is 0 Å². The number of hydrogen-bond acceptors (Lipinski definition) is 6. The fourth-order valence-electron chi connectivity index (χ4n) is 0. The quantitative estimate of drug-likeness (QED) is 0.364. The molecule has 0 aliphatic carbocycles. The topological polar surface area (TPSA) is 138 Å². The first kappa shape index (κ1) is 23.9. The van der Waals surface area contributed by atoms with Gasteiger partial charge in [0.05, 0.1) is 0 Å². The fourth-order valence-corrected chi connectivity index (χ4v) is 0. The van der Waals surface area contributed by atoms with Gasteiger partial charge in [-0.3, -0.25) is 0 Å². The summed E-state index contributed by atoms with van der Waals surface area (Å²) in [7, 11) is 0. The Morgan fingerprint density at radius 1 is 1.00 bits per heavy atom. The van der Waals surface area contributed by atoms with Gasteiger partial charge in [0.1, 0.15) is 0 Å². The molecule has 2 unspecified atom stereocenters. The van der Waals surface area contributed by atoms with E-state index in [1.165, 1.54) is 0 Å². The van der Waals surface area contributed by atoms with Crippen LogP contribution in [0.4, 0.5) is 0 Å². The van der Waals surface area contributed by atoms with Crippen LogP contribution in [0.2, 0.25) is 0 Å². The van der Waals surface area contributed by atoms with Crippen molar-refractivity contribution in [2.75, 3.05) is 13.1 Å². The van der Waals surface area contributed by atoms with E-state index in [1.807, 2.05) is 13.8 Å². The Hall–Kier alpha value is 0.366. The molecule has 90 valence electrons. The van der Waals surface area contributed by atoms with E-state index in [-0.39, 0.29) is 24.5 Å². The van der Waals surface area contributed by atoms with Crippen LogP contribution in [0.1, 0.15) is 13.8 Å². The van der Waals surface area contributed by atoms with Gasteiger partial charge in [0.15, 0.2) is 0 Å². The summed E-state index contributed by atoms with van der Waals surface area (Å²) < 4.78 is 17.0. The molecule has 0 bridgehead atoms. The first-order valence-corrected chi connectivity index (χ1v) is 5.82. The van der Waals surface area contributed by atoms with Gasteiger partial charge >= 0.3 is 24.4 Å². The number of nitrogens with two attached hydrogens (primary N) is 4. The van der Waals surface area contributed by atoms with Crippen molar-refractivity contribution in [3.05, 3.63) is 0 Å². The van der Waals surface area contributed by atoms with Gasteiger partial charge in [-0.15, -0.1) is 0 Å². The molecule has 0 aromatic heterocycles. The second-order valence-corrected chi connectivity index (χ2v) is 2.91. The molecule has 6 nitrogen and oxygen atoms in total. The number of halogens is 1. The predicted octanol–water partition coefficient (Wildman–Crippen LogP) is -4.65. The number of hydrogen-bond donors (Lipinski definition) is 4. The third-order valence-corrected chi connectivity index (χ3v) is 0.744. The van der Waals surface area contributed by atoms with Gasteiger partial charge in [-0.05, 0) is 13.8 Å². The molecule has 8 heteroatoms. The molecular weight excluding hydrogens is 386 g/mol. The van der Waals surface area contributed by atoms with Crippen LogP contribution in [0.15, 0.2) is 0 Å². The van der Waals surface area contributed by atoms with Gasteiger partial charge in [0.2, 0.25) is 0 Å². The second kappa shape index (κ2) is 23.3. The summed E-state index contributed by atoms with van der Waals surface area (Å²) >= 11 is -2.08. The molecule has 0 rings (SSSR count). The van der Waals surface area contributed by atoms with Gasteiger partial charge in [0, 0.05) is 25.2 Å². The molecule has 2 atom stereocenters. The zero-order valence-electron chi connectivity index (χ0n) is 8.43. The SMILES string of the molecule is CC(N)CN.CC(N)CN.[Cl-].[O]=[Os+2]=[O]. The maximum atomic E-state index is 8.51. The molecule has 0 aliphatic rings. The van der Waals surface area contributed by atoms with Gasteiger partial charge < -0.3 is 35.3 Å². The van der Waals surface area contributed by atoms with Crippen molar-refractivity contribution in [2.45, 2.75) is 25.9 Å². The Morgan fingerprint density at radius 2 is 1.07 bits per heavy atom. The fraction of sp³-hybridized carbons (Fsp3) is 1.00. The Bertz CT molecular complexity index is 112. The standard InChI is InChI=1S/2C3H10N2.ClH.2O.Os/c2*1-3(5)2-4;;;;/h2*3H,2,4-5H2,1H3;1H;;;/q;;;;;+2/p-1. The van der Waals surface area contributed by atoms with E-state index in [2.05, 4.69) is 0 Å². The van der Waals surface area contributed by atoms with Crippen molar-refractivity contribution in [3.63, 3.8) is 0 Å². The molecule has 0 fully saturated rings. The zero-order chi connectivity index (χ0) is 11.3. The minimum atomic E-state index is -2.08. The molecule has 0 aliphatic heterocycles. The Kier molecular flexibility index (Phi) is 39.8. The summed E-state index contributed by atoms with van der Waals surface area (Å²) in [6.07, 6.45) is 0. The average molecular weight is 406 g/mol. The van der Waals surface area contributed by atoms with Crippen LogP contribution in [0.5, 0.6) is 0 Å². The third kappa shape index (κ3) is 83.8. The van der Waals surface area contributed by atoms with Crippen LogP contribution in [-0.2, 0) is 24.4 Å². The van der Waals surface area contributed by atoms with Crippen LogP contribution >= 0.6 is 0 Å². The Labute approximate surface area is 98.9 Å². The molecule has 8 N–H and O–H groups in total. The van der Waals surface area contributed by atoms with Gasteiger partial charge in [-0.2, -0.15) is 0 Å². The molecular formula is C6H20ClN4O2Os+. The van der Waals surface area contributed by atoms with Gasteiger partial charge in [-0.25, -0.2) is 0 Å². The van der Waals surface area contributed by atoms with E-state index in [4.69, 9.17) is 30.0 Å². The normalized spacial score (nSPS) is 11.6. The van der Waals surface area contributed by atoms with Gasteiger partial charge in [0.25, 0.3) is 0 Å². The average Bonchev–Trinajstić information content (AvgIpc) is 2.07. The van der Waals surface area contributed by atoms with Crippen LogP contribution in [0, 0.1) is 0 Å². The summed E-state index contributed by atoms with van der Waals surface area (Å²) in [6, 6.07) is 0.324. The molecule has 0 radical (unpaired) electrons. The van der Waals surface area contributed by atoms with Crippen molar-refractivity contribution in [2.24, 2.45) is 22.9 Å². The Morgan fingerprint density at radius 3 is 1.07 bits per heavy atom. The summed E-state index contributed by atoms with van der Waals surface area (Å²) in [6.45, 7) is 4.92. The second-order valence-electron chi connectivity index (χ2n) is 2.48. The monoisotopic (exact) mass is 407 g/mol. The minimum absolute atomic E-state index is 0. The van der Waals surface area contributed by atoms with Crippen LogP contribution in [-0.4, -0.2) is 25.2 Å². The summed E-state index contributed by atoms with van der Waals surface area (Å²) in [5, 5.41) is 0. The van der Waals surface area contributed by atoms with Gasteiger partial charge in [-0.1, -0.05) is 0 Å². The van der Waals surface area contributed by atoms with Crippen molar-refractivity contribution < 1.29 is 36.8 Å². The molecule has 0 saturated carbocycles. The van der Waals surface area contributed by atoms with E-state index >= 15 is 0 Å². The maximum absolute atomic E-state index is 8.51. The first-order valence-electron chi connectivity index (χ1n) is 3.74. The predicted molar refractivity (Wildman–Crippen MR) is 46.8 cm³/mol. The molecule has 0 amide bonds. The Balaban J connectivity index is -0.0000000535.